The van der Waals surface area contributed by atoms with Gasteiger partial charge in [0.15, 0.2) is 0 Å². The Morgan fingerprint density at radius 1 is 1.39 bits per heavy atom. The molecule has 0 saturated carbocycles. The van der Waals surface area contributed by atoms with Crippen LogP contribution in [-0.2, 0) is 16.1 Å². The van der Waals surface area contributed by atoms with Gasteiger partial charge in [-0.3, -0.25) is 9.69 Å². The molecule has 1 atom stereocenters. The summed E-state index contributed by atoms with van der Waals surface area (Å²) in [6.45, 7) is 6.04. The van der Waals surface area contributed by atoms with Gasteiger partial charge in [0.2, 0.25) is 0 Å². The van der Waals surface area contributed by atoms with E-state index in [0.717, 1.165) is 25.2 Å². The Balaban J connectivity index is 0.00000264. The second-order valence-electron chi connectivity index (χ2n) is 5.81. The van der Waals surface area contributed by atoms with Gasteiger partial charge in [-0.05, 0) is 56.5 Å². The third-order valence-electron chi connectivity index (χ3n) is 3.89. The fourth-order valence-electron chi connectivity index (χ4n) is 2.87. The normalized spacial score (nSPS) is 17.6. The predicted molar refractivity (Wildman–Crippen MR) is 91.2 cm³/mol. The van der Waals surface area contributed by atoms with Crippen molar-refractivity contribution in [2.24, 2.45) is 5.92 Å². The third-order valence-corrected chi connectivity index (χ3v) is 3.89. The van der Waals surface area contributed by atoms with Crippen LogP contribution in [0.15, 0.2) is 24.3 Å². The van der Waals surface area contributed by atoms with Crippen LogP contribution in [0.5, 0.6) is 0 Å². The maximum atomic E-state index is 13.0. The average molecular weight is 345 g/mol. The lowest BCUT2D eigenvalue weighted by Gasteiger charge is -2.29. The van der Waals surface area contributed by atoms with E-state index in [2.05, 4.69) is 10.2 Å². The molecule has 0 radical (unpaired) electrons. The van der Waals surface area contributed by atoms with Gasteiger partial charge in [-0.1, -0.05) is 12.1 Å². The minimum absolute atomic E-state index is 0. The molecular formula is C17H26ClFN2O2. The first-order valence-corrected chi connectivity index (χ1v) is 8.00. The first-order valence-electron chi connectivity index (χ1n) is 8.00. The highest BCUT2D eigenvalue weighted by molar-refractivity contribution is 5.85. The number of piperidine rings is 1. The van der Waals surface area contributed by atoms with Crippen LogP contribution < -0.4 is 5.32 Å². The molecule has 0 amide bonds. The third kappa shape index (κ3) is 7.29. The molecule has 1 saturated heterocycles. The van der Waals surface area contributed by atoms with Crippen LogP contribution in [0, 0.1) is 11.7 Å². The van der Waals surface area contributed by atoms with Gasteiger partial charge in [-0.2, -0.15) is 0 Å². The van der Waals surface area contributed by atoms with Crippen LogP contribution in [0.4, 0.5) is 4.39 Å². The van der Waals surface area contributed by atoms with Crippen molar-refractivity contribution >= 4 is 18.4 Å². The highest BCUT2D eigenvalue weighted by Gasteiger charge is 2.19. The zero-order valence-corrected chi connectivity index (χ0v) is 14.4. The van der Waals surface area contributed by atoms with Crippen molar-refractivity contribution in [3.05, 3.63) is 35.6 Å². The quantitative estimate of drug-likeness (QED) is 0.772. The number of rotatable bonds is 7. The summed E-state index contributed by atoms with van der Waals surface area (Å²) >= 11 is 0. The molecule has 0 aliphatic carbocycles. The number of nitrogens with one attached hydrogen (secondary N) is 1. The van der Waals surface area contributed by atoms with Crippen molar-refractivity contribution in [1.29, 1.82) is 0 Å². The van der Waals surface area contributed by atoms with Gasteiger partial charge in [-0.15, -0.1) is 12.4 Å². The van der Waals surface area contributed by atoms with Crippen LogP contribution in [0.2, 0.25) is 0 Å². The molecule has 0 aromatic heterocycles. The van der Waals surface area contributed by atoms with E-state index in [0.29, 0.717) is 19.1 Å². The maximum Gasteiger partial charge on any atom is 0.320 e. The second-order valence-corrected chi connectivity index (χ2v) is 5.81. The lowest BCUT2D eigenvalue weighted by Crippen LogP contribution is -2.40. The molecule has 1 aliphatic rings. The number of ether oxygens (including phenoxy) is 1. The Labute approximate surface area is 143 Å². The van der Waals surface area contributed by atoms with Crippen LogP contribution in [0.25, 0.3) is 0 Å². The second kappa shape index (κ2) is 10.6. The zero-order valence-electron chi connectivity index (χ0n) is 13.6. The number of halogens is 2. The molecule has 0 bridgehead atoms. The van der Waals surface area contributed by atoms with Gasteiger partial charge in [0.05, 0.1) is 13.2 Å². The van der Waals surface area contributed by atoms with E-state index in [1.165, 1.54) is 25.0 Å². The zero-order chi connectivity index (χ0) is 15.8. The monoisotopic (exact) mass is 344 g/mol. The lowest BCUT2D eigenvalue weighted by molar-refractivity contribution is -0.144. The van der Waals surface area contributed by atoms with Crippen LogP contribution in [0.3, 0.4) is 0 Å². The number of nitrogens with zero attached hydrogens (tertiary/aromatic N) is 1. The van der Waals surface area contributed by atoms with Gasteiger partial charge in [0.1, 0.15) is 5.82 Å². The predicted octanol–water partition coefficient (Wildman–Crippen LogP) is 2.61. The number of carbonyl (C=O) groups excluding carboxylic acids is 1. The van der Waals surface area contributed by atoms with Gasteiger partial charge in [0.25, 0.3) is 0 Å². The van der Waals surface area contributed by atoms with Gasteiger partial charge in [0, 0.05) is 13.1 Å². The van der Waals surface area contributed by atoms with Gasteiger partial charge < -0.3 is 10.1 Å². The van der Waals surface area contributed by atoms with Crippen molar-refractivity contribution in [3.8, 4) is 0 Å². The summed E-state index contributed by atoms with van der Waals surface area (Å²) in [6.07, 6.45) is 2.35. The summed E-state index contributed by atoms with van der Waals surface area (Å²) in [4.78, 5) is 13.9. The Bertz CT molecular complexity index is 464. The first-order chi connectivity index (χ1) is 10.7. The number of hydrogen-bond acceptors (Lipinski definition) is 4. The smallest absolute Gasteiger partial charge is 0.320 e. The molecule has 1 aromatic carbocycles. The Hall–Kier alpha value is -1.17. The number of benzene rings is 1. The van der Waals surface area contributed by atoms with Crippen LogP contribution in [0.1, 0.15) is 25.3 Å². The molecule has 1 heterocycles. The summed E-state index contributed by atoms with van der Waals surface area (Å²) in [5.74, 6) is 0.106. The van der Waals surface area contributed by atoms with E-state index in [-0.39, 0.29) is 30.7 Å². The van der Waals surface area contributed by atoms with E-state index < -0.39 is 0 Å². The summed E-state index contributed by atoms with van der Waals surface area (Å²) in [6, 6.07) is 6.46. The molecule has 0 spiro atoms. The fourth-order valence-corrected chi connectivity index (χ4v) is 2.87. The highest BCUT2D eigenvalue weighted by Crippen LogP contribution is 2.14. The van der Waals surface area contributed by atoms with E-state index in [4.69, 9.17) is 4.74 Å². The number of esters is 1. The summed E-state index contributed by atoms with van der Waals surface area (Å²) < 4.78 is 18.1. The molecule has 1 unspecified atom stereocenters. The van der Waals surface area contributed by atoms with E-state index >= 15 is 0 Å². The molecular weight excluding hydrogens is 319 g/mol. The molecule has 2 rings (SSSR count). The fraction of sp³-hybridized carbons (Fsp3) is 0.588. The molecule has 23 heavy (non-hydrogen) atoms. The Morgan fingerprint density at radius 3 is 2.74 bits per heavy atom. The van der Waals surface area contributed by atoms with Crippen molar-refractivity contribution in [2.45, 2.75) is 26.3 Å². The molecule has 6 heteroatoms. The highest BCUT2D eigenvalue weighted by atomic mass is 35.5. The molecule has 1 aliphatic heterocycles. The van der Waals surface area contributed by atoms with E-state index in [1.807, 2.05) is 6.92 Å². The minimum atomic E-state index is -0.239. The first kappa shape index (κ1) is 19.9. The Morgan fingerprint density at radius 2 is 2.13 bits per heavy atom. The van der Waals surface area contributed by atoms with Crippen molar-refractivity contribution in [1.82, 2.24) is 10.2 Å². The molecule has 130 valence electrons. The summed E-state index contributed by atoms with van der Waals surface area (Å²) in [7, 11) is 0. The van der Waals surface area contributed by atoms with Crippen molar-refractivity contribution in [3.63, 3.8) is 0 Å². The lowest BCUT2D eigenvalue weighted by atomic mass is 9.99. The molecule has 1 aromatic rings. The van der Waals surface area contributed by atoms with Crippen LogP contribution >= 0.6 is 12.4 Å². The molecule has 1 fully saturated rings. The largest absolute Gasteiger partial charge is 0.465 e. The number of carbonyl (C=O) groups is 1. The SMILES string of the molecule is CCOC(=O)CN(Cc1ccc(F)cc1)CC1CCCNC1.Cl. The summed E-state index contributed by atoms with van der Waals surface area (Å²) in [5, 5.41) is 3.40. The van der Waals surface area contributed by atoms with Crippen LogP contribution in [-0.4, -0.2) is 43.7 Å². The Kier molecular flexibility index (Phi) is 9.14. The van der Waals surface area contributed by atoms with E-state index in [1.54, 1.807) is 12.1 Å². The molecule has 1 N–H and O–H groups in total. The average Bonchev–Trinajstić information content (AvgIpc) is 2.51. The maximum absolute atomic E-state index is 13.0. The molecule has 4 nitrogen and oxygen atoms in total. The van der Waals surface area contributed by atoms with Gasteiger partial charge >= 0.3 is 5.97 Å². The van der Waals surface area contributed by atoms with Crippen molar-refractivity contribution < 1.29 is 13.9 Å². The standard InChI is InChI=1S/C17H25FN2O2.ClH/c1-2-22-17(21)13-20(12-15-4-3-9-19-10-15)11-14-5-7-16(18)8-6-14;/h5-8,15,19H,2-4,9-13H2,1H3;1H. The topological polar surface area (TPSA) is 41.6 Å². The number of hydrogen-bond donors (Lipinski definition) is 1. The van der Waals surface area contributed by atoms with Crippen molar-refractivity contribution in [2.75, 3.05) is 32.8 Å². The van der Waals surface area contributed by atoms with E-state index in [9.17, 15) is 9.18 Å². The van der Waals surface area contributed by atoms with Gasteiger partial charge in [-0.25, -0.2) is 4.39 Å². The minimum Gasteiger partial charge on any atom is -0.465 e. The summed E-state index contributed by atoms with van der Waals surface area (Å²) in [5.41, 5.74) is 1.01.